The van der Waals surface area contributed by atoms with Gasteiger partial charge in [0.05, 0.1) is 0 Å². The molecule has 3 unspecified atom stereocenters. The minimum Gasteiger partial charge on any atom is -0.313 e. The van der Waals surface area contributed by atoms with E-state index < -0.39 is 0 Å². The summed E-state index contributed by atoms with van der Waals surface area (Å²) in [6.07, 6.45) is 4.39. The highest BCUT2D eigenvalue weighted by molar-refractivity contribution is 7.17. The van der Waals surface area contributed by atoms with Crippen LogP contribution >= 0.6 is 11.3 Å². The van der Waals surface area contributed by atoms with Crippen LogP contribution < -0.4 is 5.32 Å². The first-order valence-electron chi connectivity index (χ1n) is 7.00. The van der Waals surface area contributed by atoms with Gasteiger partial charge in [0.15, 0.2) is 0 Å². The Labute approximate surface area is 112 Å². The molecule has 4 rings (SSSR count). The summed E-state index contributed by atoms with van der Waals surface area (Å²) in [5.74, 6) is 2.98. The Morgan fingerprint density at radius 1 is 1.17 bits per heavy atom. The van der Waals surface area contributed by atoms with E-state index in [0.717, 1.165) is 17.8 Å². The number of rotatable bonds is 3. The SMILES string of the molecule is CNC(c1cccc2ccsc12)C1CC2CC2C1. The van der Waals surface area contributed by atoms with Crippen LogP contribution in [0.15, 0.2) is 29.6 Å². The molecule has 2 fully saturated rings. The van der Waals surface area contributed by atoms with E-state index in [0.29, 0.717) is 6.04 Å². The standard InChI is InChI=1S/C16H19NS/c1-17-15(13-8-11-7-12(11)9-13)14-4-2-3-10-5-6-18-16(10)14/h2-6,11-13,15,17H,7-9H2,1H3. The fourth-order valence-electron chi connectivity index (χ4n) is 3.94. The molecule has 3 atom stereocenters. The fraction of sp³-hybridized carbons (Fsp3) is 0.500. The van der Waals surface area contributed by atoms with Gasteiger partial charge in [0.25, 0.3) is 0 Å². The number of hydrogen-bond acceptors (Lipinski definition) is 2. The van der Waals surface area contributed by atoms with Crippen LogP contribution in [0.4, 0.5) is 0 Å². The summed E-state index contributed by atoms with van der Waals surface area (Å²) in [7, 11) is 2.13. The van der Waals surface area contributed by atoms with Crippen molar-refractivity contribution in [1.82, 2.24) is 5.32 Å². The molecular formula is C16H19NS. The van der Waals surface area contributed by atoms with Crippen LogP contribution in [0.25, 0.3) is 10.1 Å². The van der Waals surface area contributed by atoms with E-state index in [1.807, 2.05) is 11.3 Å². The summed E-state index contributed by atoms with van der Waals surface area (Å²) in [5.41, 5.74) is 1.52. The molecule has 0 amide bonds. The Hall–Kier alpha value is -0.860. The van der Waals surface area contributed by atoms with E-state index in [1.165, 1.54) is 34.9 Å². The van der Waals surface area contributed by atoms with Crippen molar-refractivity contribution in [1.29, 1.82) is 0 Å². The molecule has 0 radical (unpaired) electrons. The molecular weight excluding hydrogens is 238 g/mol. The van der Waals surface area contributed by atoms with Gasteiger partial charge in [-0.3, -0.25) is 0 Å². The summed E-state index contributed by atoms with van der Waals surface area (Å²) < 4.78 is 1.48. The molecule has 18 heavy (non-hydrogen) atoms. The molecule has 0 spiro atoms. The number of hydrogen-bond donors (Lipinski definition) is 1. The van der Waals surface area contributed by atoms with Gasteiger partial charge in [-0.2, -0.15) is 0 Å². The molecule has 2 saturated carbocycles. The molecule has 1 aromatic heterocycles. The maximum absolute atomic E-state index is 3.59. The van der Waals surface area contributed by atoms with Crippen molar-refractivity contribution in [2.24, 2.45) is 17.8 Å². The van der Waals surface area contributed by atoms with Gasteiger partial charge in [0.2, 0.25) is 0 Å². The summed E-state index contributed by atoms with van der Waals surface area (Å²) in [5, 5.41) is 7.21. The number of benzene rings is 1. The Morgan fingerprint density at radius 2 is 2.00 bits per heavy atom. The van der Waals surface area contributed by atoms with Crippen LogP contribution in [0.3, 0.4) is 0 Å². The van der Waals surface area contributed by atoms with Crippen LogP contribution in [0, 0.1) is 17.8 Å². The molecule has 94 valence electrons. The smallest absolute Gasteiger partial charge is 0.0390 e. The van der Waals surface area contributed by atoms with Crippen molar-refractivity contribution in [2.45, 2.75) is 25.3 Å². The zero-order chi connectivity index (χ0) is 12.1. The highest BCUT2D eigenvalue weighted by Gasteiger charge is 2.48. The van der Waals surface area contributed by atoms with E-state index in [2.05, 4.69) is 42.0 Å². The predicted molar refractivity (Wildman–Crippen MR) is 77.9 cm³/mol. The van der Waals surface area contributed by atoms with Crippen molar-refractivity contribution in [3.8, 4) is 0 Å². The van der Waals surface area contributed by atoms with Crippen LogP contribution in [-0.4, -0.2) is 7.05 Å². The summed E-state index contributed by atoms with van der Waals surface area (Å²) in [6, 6.07) is 9.56. The number of thiophene rings is 1. The van der Waals surface area contributed by atoms with Crippen molar-refractivity contribution >= 4 is 21.4 Å². The van der Waals surface area contributed by atoms with Crippen molar-refractivity contribution in [2.75, 3.05) is 7.05 Å². The van der Waals surface area contributed by atoms with Crippen LogP contribution in [0.2, 0.25) is 0 Å². The lowest BCUT2D eigenvalue weighted by atomic mass is 9.89. The van der Waals surface area contributed by atoms with Gasteiger partial charge in [0.1, 0.15) is 0 Å². The van der Waals surface area contributed by atoms with Gasteiger partial charge in [-0.15, -0.1) is 11.3 Å². The van der Waals surface area contributed by atoms with Gasteiger partial charge >= 0.3 is 0 Å². The quantitative estimate of drug-likeness (QED) is 0.868. The third kappa shape index (κ3) is 1.63. The van der Waals surface area contributed by atoms with E-state index in [1.54, 1.807) is 0 Å². The predicted octanol–water partition coefficient (Wildman–Crippen LogP) is 4.21. The van der Waals surface area contributed by atoms with Gasteiger partial charge in [-0.05, 0) is 66.5 Å². The van der Waals surface area contributed by atoms with Crippen LogP contribution in [-0.2, 0) is 0 Å². The third-order valence-electron chi connectivity index (χ3n) is 4.91. The molecule has 1 aromatic carbocycles. The molecule has 2 aromatic rings. The van der Waals surface area contributed by atoms with E-state index in [9.17, 15) is 0 Å². The molecule has 2 aliphatic rings. The van der Waals surface area contributed by atoms with Crippen LogP contribution in [0.1, 0.15) is 30.9 Å². The summed E-state index contributed by atoms with van der Waals surface area (Å²) in [4.78, 5) is 0. The van der Waals surface area contributed by atoms with Gasteiger partial charge in [-0.1, -0.05) is 18.2 Å². The molecule has 2 heteroatoms. The molecule has 1 heterocycles. The van der Waals surface area contributed by atoms with E-state index in [4.69, 9.17) is 0 Å². The number of fused-ring (bicyclic) bond motifs is 2. The van der Waals surface area contributed by atoms with Gasteiger partial charge < -0.3 is 5.32 Å². The highest BCUT2D eigenvalue weighted by atomic mass is 32.1. The summed E-state index contributed by atoms with van der Waals surface area (Å²) >= 11 is 1.89. The lowest BCUT2D eigenvalue weighted by Crippen LogP contribution is -2.24. The monoisotopic (exact) mass is 257 g/mol. The third-order valence-corrected chi connectivity index (χ3v) is 5.89. The first kappa shape index (κ1) is 11.0. The lowest BCUT2D eigenvalue weighted by molar-refractivity contribution is 0.361. The average molecular weight is 257 g/mol. The highest BCUT2D eigenvalue weighted by Crippen LogP contribution is 2.57. The maximum atomic E-state index is 3.59. The molecule has 1 nitrogen and oxygen atoms in total. The Kier molecular flexibility index (Phi) is 2.49. The van der Waals surface area contributed by atoms with Gasteiger partial charge in [0, 0.05) is 10.7 Å². The normalized spacial score (nSPS) is 31.5. The second kappa shape index (κ2) is 4.07. The first-order valence-corrected chi connectivity index (χ1v) is 7.88. The second-order valence-electron chi connectivity index (χ2n) is 5.94. The zero-order valence-electron chi connectivity index (χ0n) is 10.7. The number of nitrogens with one attached hydrogen (secondary N) is 1. The minimum absolute atomic E-state index is 0.556. The molecule has 2 aliphatic carbocycles. The van der Waals surface area contributed by atoms with Crippen molar-refractivity contribution in [3.63, 3.8) is 0 Å². The van der Waals surface area contributed by atoms with E-state index >= 15 is 0 Å². The largest absolute Gasteiger partial charge is 0.313 e. The van der Waals surface area contributed by atoms with Crippen molar-refractivity contribution < 1.29 is 0 Å². The second-order valence-corrected chi connectivity index (χ2v) is 6.86. The molecule has 1 N–H and O–H groups in total. The first-order chi connectivity index (χ1) is 8.86. The van der Waals surface area contributed by atoms with Gasteiger partial charge in [-0.25, -0.2) is 0 Å². The van der Waals surface area contributed by atoms with Crippen molar-refractivity contribution in [3.05, 3.63) is 35.2 Å². The Balaban J connectivity index is 1.72. The fourth-order valence-corrected chi connectivity index (χ4v) is 4.89. The Morgan fingerprint density at radius 3 is 2.78 bits per heavy atom. The van der Waals surface area contributed by atoms with Crippen LogP contribution in [0.5, 0.6) is 0 Å². The molecule has 0 saturated heterocycles. The van der Waals surface area contributed by atoms with E-state index in [-0.39, 0.29) is 0 Å². The topological polar surface area (TPSA) is 12.0 Å². The maximum Gasteiger partial charge on any atom is 0.0390 e. The molecule has 0 aliphatic heterocycles. The Bertz CT molecular complexity index is 563. The average Bonchev–Trinajstić information content (AvgIpc) is 2.81. The minimum atomic E-state index is 0.556. The lowest BCUT2D eigenvalue weighted by Gasteiger charge is -2.25. The zero-order valence-corrected chi connectivity index (χ0v) is 11.5. The summed E-state index contributed by atoms with van der Waals surface area (Å²) in [6.45, 7) is 0. The molecule has 0 bridgehead atoms.